The van der Waals surface area contributed by atoms with Crippen molar-refractivity contribution in [2.75, 3.05) is 38.2 Å². The van der Waals surface area contributed by atoms with Crippen LogP contribution >= 0.6 is 0 Å². The lowest BCUT2D eigenvalue weighted by Gasteiger charge is -2.31. The van der Waals surface area contributed by atoms with E-state index in [0.717, 1.165) is 44.7 Å². The van der Waals surface area contributed by atoms with Crippen molar-refractivity contribution in [3.63, 3.8) is 0 Å². The van der Waals surface area contributed by atoms with Crippen LogP contribution in [0.5, 0.6) is 5.75 Å². The maximum absolute atomic E-state index is 11.0. The van der Waals surface area contributed by atoms with Crippen LogP contribution in [0.1, 0.15) is 19.8 Å². The number of piperidine rings is 1. The Kier molecular flexibility index (Phi) is 5.38. The van der Waals surface area contributed by atoms with Crippen LogP contribution < -0.4 is 15.0 Å². The molecule has 1 fully saturated rings. The molecule has 1 aliphatic heterocycles. The first kappa shape index (κ1) is 15.6. The zero-order valence-electron chi connectivity index (χ0n) is 12.7. The van der Waals surface area contributed by atoms with E-state index >= 15 is 0 Å². The van der Waals surface area contributed by atoms with E-state index in [9.17, 15) is 10.1 Å². The molecule has 2 rings (SSSR count). The van der Waals surface area contributed by atoms with Gasteiger partial charge in [-0.05, 0) is 38.8 Å². The molecule has 1 aromatic carbocycles. The van der Waals surface area contributed by atoms with Gasteiger partial charge < -0.3 is 15.0 Å². The Morgan fingerprint density at radius 3 is 2.67 bits per heavy atom. The van der Waals surface area contributed by atoms with Crippen molar-refractivity contribution in [1.29, 1.82) is 0 Å². The number of nitrogens with one attached hydrogen (secondary N) is 1. The summed E-state index contributed by atoms with van der Waals surface area (Å²) >= 11 is 0. The molecule has 21 heavy (non-hydrogen) atoms. The Morgan fingerprint density at radius 1 is 1.38 bits per heavy atom. The van der Waals surface area contributed by atoms with Crippen molar-refractivity contribution in [2.24, 2.45) is 5.92 Å². The SMILES string of the molecule is CCN(CC1CCNCC1)c1cc(OC)cc([N+](=O)[O-])c1. The van der Waals surface area contributed by atoms with Crippen molar-refractivity contribution < 1.29 is 9.66 Å². The maximum atomic E-state index is 11.0. The summed E-state index contributed by atoms with van der Waals surface area (Å²) in [6.45, 7) is 5.95. The van der Waals surface area contributed by atoms with Crippen LogP contribution in [0.4, 0.5) is 11.4 Å². The molecular formula is C15H23N3O3. The molecule has 1 aromatic rings. The van der Waals surface area contributed by atoms with Crippen molar-refractivity contribution in [1.82, 2.24) is 5.32 Å². The van der Waals surface area contributed by atoms with Gasteiger partial charge in [0, 0.05) is 30.9 Å². The van der Waals surface area contributed by atoms with E-state index in [1.165, 1.54) is 13.2 Å². The predicted molar refractivity (Wildman–Crippen MR) is 83.1 cm³/mol. The lowest BCUT2D eigenvalue weighted by Crippen LogP contribution is -2.36. The minimum atomic E-state index is -0.371. The van der Waals surface area contributed by atoms with E-state index in [-0.39, 0.29) is 10.6 Å². The van der Waals surface area contributed by atoms with Gasteiger partial charge in [-0.25, -0.2) is 0 Å². The molecule has 0 amide bonds. The summed E-state index contributed by atoms with van der Waals surface area (Å²) in [5.74, 6) is 1.17. The number of hydrogen-bond acceptors (Lipinski definition) is 5. The first-order chi connectivity index (χ1) is 10.1. The van der Waals surface area contributed by atoms with Crippen LogP contribution in [0.15, 0.2) is 18.2 Å². The van der Waals surface area contributed by atoms with Gasteiger partial charge in [0.1, 0.15) is 5.75 Å². The van der Waals surface area contributed by atoms with Gasteiger partial charge in [0.2, 0.25) is 0 Å². The third-order valence-corrected chi connectivity index (χ3v) is 4.01. The average molecular weight is 293 g/mol. The summed E-state index contributed by atoms with van der Waals surface area (Å²) in [6, 6.07) is 4.96. The molecule has 0 bridgehead atoms. The monoisotopic (exact) mass is 293 g/mol. The van der Waals surface area contributed by atoms with E-state index in [1.54, 1.807) is 6.07 Å². The largest absolute Gasteiger partial charge is 0.496 e. The van der Waals surface area contributed by atoms with Crippen molar-refractivity contribution in [3.8, 4) is 5.75 Å². The molecule has 0 aliphatic carbocycles. The summed E-state index contributed by atoms with van der Waals surface area (Å²) in [5, 5.41) is 14.4. The molecule has 0 unspecified atom stereocenters. The number of nitro benzene ring substituents is 1. The molecule has 1 N–H and O–H groups in total. The van der Waals surface area contributed by atoms with Crippen LogP contribution in [0, 0.1) is 16.0 Å². The van der Waals surface area contributed by atoms with Gasteiger partial charge in [-0.1, -0.05) is 0 Å². The second-order valence-electron chi connectivity index (χ2n) is 5.38. The standard InChI is InChI=1S/C15H23N3O3/c1-3-17(11-12-4-6-16-7-5-12)13-8-14(18(19)20)10-15(9-13)21-2/h8-10,12,16H,3-7,11H2,1-2H3. The Labute approximate surface area is 125 Å². The van der Waals surface area contributed by atoms with Gasteiger partial charge in [0.05, 0.1) is 18.1 Å². The van der Waals surface area contributed by atoms with E-state index in [4.69, 9.17) is 4.74 Å². The molecule has 0 saturated carbocycles. The molecule has 6 nitrogen and oxygen atoms in total. The molecule has 0 radical (unpaired) electrons. The van der Waals surface area contributed by atoms with Gasteiger partial charge in [-0.3, -0.25) is 10.1 Å². The number of anilines is 1. The number of nitrogens with zero attached hydrogens (tertiary/aromatic N) is 2. The molecule has 1 saturated heterocycles. The Bertz CT molecular complexity index is 487. The number of nitro groups is 1. The van der Waals surface area contributed by atoms with Gasteiger partial charge >= 0.3 is 0 Å². The maximum Gasteiger partial charge on any atom is 0.275 e. The minimum absolute atomic E-state index is 0.0770. The second-order valence-corrected chi connectivity index (χ2v) is 5.38. The van der Waals surface area contributed by atoms with Crippen LogP contribution in [0.2, 0.25) is 0 Å². The number of rotatable bonds is 6. The van der Waals surface area contributed by atoms with Crippen LogP contribution in [-0.4, -0.2) is 38.2 Å². The highest BCUT2D eigenvalue weighted by Gasteiger charge is 2.19. The fourth-order valence-corrected chi connectivity index (χ4v) is 2.77. The van der Waals surface area contributed by atoms with Crippen molar-refractivity contribution in [3.05, 3.63) is 28.3 Å². The van der Waals surface area contributed by atoms with Gasteiger partial charge in [0.15, 0.2) is 0 Å². The fourth-order valence-electron chi connectivity index (χ4n) is 2.77. The number of methoxy groups -OCH3 is 1. The van der Waals surface area contributed by atoms with Crippen LogP contribution in [0.3, 0.4) is 0 Å². The van der Waals surface area contributed by atoms with Crippen molar-refractivity contribution >= 4 is 11.4 Å². The summed E-state index contributed by atoms with van der Waals surface area (Å²) < 4.78 is 5.19. The molecular weight excluding hydrogens is 270 g/mol. The lowest BCUT2D eigenvalue weighted by molar-refractivity contribution is -0.384. The van der Waals surface area contributed by atoms with Crippen LogP contribution in [0.25, 0.3) is 0 Å². The lowest BCUT2D eigenvalue weighted by atomic mass is 9.97. The third-order valence-electron chi connectivity index (χ3n) is 4.01. The van der Waals surface area contributed by atoms with Gasteiger partial charge in [-0.2, -0.15) is 0 Å². The first-order valence-electron chi connectivity index (χ1n) is 7.43. The molecule has 1 heterocycles. The molecule has 0 aromatic heterocycles. The number of ether oxygens (including phenoxy) is 1. The fraction of sp³-hybridized carbons (Fsp3) is 0.600. The highest BCUT2D eigenvalue weighted by molar-refractivity contribution is 5.58. The Balaban J connectivity index is 2.19. The average Bonchev–Trinajstić information content (AvgIpc) is 2.53. The van der Waals surface area contributed by atoms with Gasteiger partial charge in [-0.15, -0.1) is 0 Å². The van der Waals surface area contributed by atoms with Crippen molar-refractivity contribution in [2.45, 2.75) is 19.8 Å². The molecule has 6 heteroatoms. The highest BCUT2D eigenvalue weighted by atomic mass is 16.6. The quantitative estimate of drug-likeness (QED) is 0.644. The Hall–Kier alpha value is -1.82. The smallest absolute Gasteiger partial charge is 0.275 e. The van der Waals surface area contributed by atoms with E-state index in [1.807, 2.05) is 6.07 Å². The molecule has 0 spiro atoms. The van der Waals surface area contributed by atoms with Gasteiger partial charge in [0.25, 0.3) is 5.69 Å². The van der Waals surface area contributed by atoms with Crippen LogP contribution in [-0.2, 0) is 0 Å². The second kappa shape index (κ2) is 7.26. The molecule has 116 valence electrons. The molecule has 1 aliphatic rings. The number of benzene rings is 1. The predicted octanol–water partition coefficient (Wildman–Crippen LogP) is 2.43. The molecule has 0 atom stereocenters. The van der Waals surface area contributed by atoms with E-state index < -0.39 is 0 Å². The summed E-state index contributed by atoms with van der Waals surface area (Å²) in [4.78, 5) is 12.9. The third kappa shape index (κ3) is 4.07. The zero-order chi connectivity index (χ0) is 15.2. The minimum Gasteiger partial charge on any atom is -0.496 e. The zero-order valence-corrected chi connectivity index (χ0v) is 12.7. The topological polar surface area (TPSA) is 67.6 Å². The summed E-state index contributed by atoms with van der Waals surface area (Å²) in [7, 11) is 1.53. The van der Waals surface area contributed by atoms with E-state index in [2.05, 4.69) is 17.1 Å². The normalized spacial score (nSPS) is 15.7. The number of hydrogen-bond donors (Lipinski definition) is 1. The summed E-state index contributed by atoms with van der Waals surface area (Å²) in [5.41, 5.74) is 0.940. The van der Waals surface area contributed by atoms with E-state index in [0.29, 0.717) is 11.7 Å². The number of non-ortho nitro benzene ring substituents is 1. The highest BCUT2D eigenvalue weighted by Crippen LogP contribution is 2.29. The Morgan fingerprint density at radius 2 is 2.10 bits per heavy atom. The first-order valence-corrected chi connectivity index (χ1v) is 7.43. The summed E-state index contributed by atoms with van der Waals surface area (Å²) in [6.07, 6.45) is 2.31.